The molecule has 0 unspecified atom stereocenters. The van der Waals surface area contributed by atoms with E-state index in [1.165, 1.54) is 15.9 Å². The van der Waals surface area contributed by atoms with E-state index in [4.69, 9.17) is 11.6 Å². The monoisotopic (exact) mass is 425 g/mol. The van der Waals surface area contributed by atoms with Crippen LogP contribution in [0.1, 0.15) is 26.3 Å². The molecule has 8 heteroatoms. The largest absolute Gasteiger partial charge is 0.507 e. The van der Waals surface area contributed by atoms with E-state index in [2.05, 4.69) is 4.98 Å². The van der Waals surface area contributed by atoms with Gasteiger partial charge in [0, 0.05) is 43.8 Å². The van der Waals surface area contributed by atoms with Gasteiger partial charge >= 0.3 is 0 Å². The lowest BCUT2D eigenvalue weighted by molar-refractivity contribution is 0.0827. The predicted molar refractivity (Wildman–Crippen MR) is 114 cm³/mol. The van der Waals surface area contributed by atoms with E-state index in [-0.39, 0.29) is 28.8 Å². The first-order valence-electron chi connectivity index (χ1n) is 9.02. The van der Waals surface area contributed by atoms with Crippen LogP contribution in [0.4, 0.5) is 5.69 Å². The van der Waals surface area contributed by atoms with Gasteiger partial charge in [0.05, 0.1) is 17.1 Å². The molecule has 3 aromatic rings. The average molecular weight is 426 g/mol. The summed E-state index contributed by atoms with van der Waals surface area (Å²) in [6.45, 7) is 0.172. The van der Waals surface area contributed by atoms with E-state index < -0.39 is 11.7 Å². The zero-order valence-electron chi connectivity index (χ0n) is 16.4. The molecule has 0 radical (unpaired) electrons. The first-order valence-corrected chi connectivity index (χ1v) is 9.39. The summed E-state index contributed by atoms with van der Waals surface area (Å²) in [6, 6.07) is 12.4. The molecule has 0 atom stereocenters. The molecule has 0 saturated heterocycles. The molecule has 0 aliphatic heterocycles. The minimum atomic E-state index is -0.523. The third kappa shape index (κ3) is 4.52. The van der Waals surface area contributed by atoms with Gasteiger partial charge in [0.25, 0.3) is 11.8 Å². The number of rotatable bonds is 5. The number of hydrogen-bond donors (Lipinski definition) is 2. The quantitative estimate of drug-likeness (QED) is 0.650. The van der Waals surface area contributed by atoms with E-state index >= 15 is 0 Å². The highest BCUT2D eigenvalue weighted by Gasteiger charge is 2.23. The van der Waals surface area contributed by atoms with Crippen LogP contribution in [0.5, 0.6) is 11.5 Å². The third-order valence-electron chi connectivity index (χ3n) is 4.44. The van der Waals surface area contributed by atoms with Gasteiger partial charge in [-0.1, -0.05) is 17.7 Å². The second kappa shape index (κ2) is 8.84. The highest BCUT2D eigenvalue weighted by Crippen LogP contribution is 2.33. The molecule has 1 heterocycles. The summed E-state index contributed by atoms with van der Waals surface area (Å²) in [4.78, 5) is 32.4. The normalized spacial score (nSPS) is 10.5. The van der Waals surface area contributed by atoms with Crippen molar-refractivity contribution in [2.24, 2.45) is 0 Å². The summed E-state index contributed by atoms with van der Waals surface area (Å²) in [7, 11) is 3.32. The zero-order chi connectivity index (χ0) is 21.8. The molecule has 2 N–H and O–H groups in total. The molecule has 2 amide bonds. The SMILES string of the molecule is CN(C)C(=O)c1ccc(N(Cc2cccnc2)C(=O)c2cc(Cl)c(O)cc2O)cc1. The lowest BCUT2D eigenvalue weighted by Crippen LogP contribution is -2.30. The Morgan fingerprint density at radius 3 is 2.30 bits per heavy atom. The Morgan fingerprint density at radius 1 is 1.00 bits per heavy atom. The second-order valence-corrected chi connectivity index (χ2v) is 7.23. The van der Waals surface area contributed by atoms with Crippen LogP contribution in [0, 0.1) is 0 Å². The minimum Gasteiger partial charge on any atom is -0.507 e. The summed E-state index contributed by atoms with van der Waals surface area (Å²) < 4.78 is 0. The standard InChI is InChI=1S/C22H20ClN3O4/c1-25(2)21(29)15-5-7-16(8-6-15)26(13-14-4-3-9-24-12-14)22(30)17-10-18(23)20(28)11-19(17)27/h3-12,27-28H,13H2,1-2H3. The maximum absolute atomic E-state index is 13.3. The van der Waals surface area contributed by atoms with Gasteiger partial charge in [0.15, 0.2) is 0 Å². The number of aromatic nitrogens is 1. The number of phenols is 2. The van der Waals surface area contributed by atoms with Crippen molar-refractivity contribution in [2.45, 2.75) is 6.54 Å². The van der Waals surface area contributed by atoms with E-state index in [1.807, 2.05) is 6.07 Å². The number of pyridine rings is 1. The minimum absolute atomic E-state index is 0.0515. The molecular weight excluding hydrogens is 406 g/mol. The van der Waals surface area contributed by atoms with Gasteiger partial charge < -0.3 is 20.0 Å². The van der Waals surface area contributed by atoms with Crippen LogP contribution >= 0.6 is 11.6 Å². The highest BCUT2D eigenvalue weighted by atomic mass is 35.5. The topological polar surface area (TPSA) is 94.0 Å². The number of hydrogen-bond acceptors (Lipinski definition) is 5. The average Bonchev–Trinajstić information content (AvgIpc) is 2.74. The lowest BCUT2D eigenvalue weighted by atomic mass is 10.1. The van der Waals surface area contributed by atoms with Crippen LogP contribution in [0.25, 0.3) is 0 Å². The van der Waals surface area contributed by atoms with E-state index in [9.17, 15) is 19.8 Å². The Labute approximate surface area is 178 Å². The van der Waals surface area contributed by atoms with Crippen molar-refractivity contribution in [2.75, 3.05) is 19.0 Å². The fourth-order valence-electron chi connectivity index (χ4n) is 2.86. The van der Waals surface area contributed by atoms with Gasteiger partial charge in [0.2, 0.25) is 0 Å². The number of halogens is 1. The Bertz CT molecular complexity index is 1070. The van der Waals surface area contributed by atoms with Gasteiger partial charge in [-0.2, -0.15) is 0 Å². The molecule has 154 valence electrons. The number of carbonyl (C=O) groups is 2. The van der Waals surface area contributed by atoms with E-state index in [0.717, 1.165) is 11.6 Å². The van der Waals surface area contributed by atoms with Crippen LogP contribution in [-0.4, -0.2) is 46.0 Å². The van der Waals surface area contributed by atoms with Crippen LogP contribution in [0.15, 0.2) is 60.9 Å². The van der Waals surface area contributed by atoms with Crippen LogP contribution in [0.2, 0.25) is 5.02 Å². The van der Waals surface area contributed by atoms with Crippen molar-refractivity contribution in [1.82, 2.24) is 9.88 Å². The fraction of sp³-hybridized carbons (Fsp3) is 0.136. The van der Waals surface area contributed by atoms with Crippen molar-refractivity contribution in [3.05, 3.63) is 82.6 Å². The van der Waals surface area contributed by atoms with Crippen molar-refractivity contribution >= 4 is 29.1 Å². The predicted octanol–water partition coefficient (Wildman–Crippen LogP) is 3.70. The molecule has 30 heavy (non-hydrogen) atoms. The lowest BCUT2D eigenvalue weighted by Gasteiger charge is -2.24. The molecule has 1 aromatic heterocycles. The molecule has 0 saturated carbocycles. The number of phenolic OH excluding ortho intramolecular Hbond substituents is 2. The van der Waals surface area contributed by atoms with Crippen molar-refractivity contribution in [3.8, 4) is 11.5 Å². The molecule has 0 aliphatic carbocycles. The zero-order valence-corrected chi connectivity index (χ0v) is 17.2. The summed E-state index contributed by atoms with van der Waals surface area (Å²) in [5, 5.41) is 19.8. The second-order valence-electron chi connectivity index (χ2n) is 6.82. The first-order chi connectivity index (χ1) is 14.3. The number of anilines is 1. The Hall–Kier alpha value is -3.58. The number of carbonyl (C=O) groups excluding carboxylic acids is 2. The van der Waals surface area contributed by atoms with Gasteiger partial charge in [-0.05, 0) is 42.0 Å². The maximum Gasteiger partial charge on any atom is 0.262 e. The summed E-state index contributed by atoms with van der Waals surface area (Å²) in [6.07, 6.45) is 3.26. The van der Waals surface area contributed by atoms with Crippen molar-refractivity contribution < 1.29 is 19.8 Å². The van der Waals surface area contributed by atoms with Crippen molar-refractivity contribution in [1.29, 1.82) is 0 Å². The number of amides is 2. The molecule has 0 fully saturated rings. The maximum atomic E-state index is 13.3. The molecule has 0 aliphatic rings. The van der Waals surface area contributed by atoms with Crippen LogP contribution in [-0.2, 0) is 6.54 Å². The highest BCUT2D eigenvalue weighted by molar-refractivity contribution is 6.32. The van der Waals surface area contributed by atoms with Gasteiger partial charge in [0.1, 0.15) is 11.5 Å². The summed E-state index contributed by atoms with van der Waals surface area (Å²) in [5.74, 6) is -1.40. The smallest absolute Gasteiger partial charge is 0.262 e. The van der Waals surface area contributed by atoms with E-state index in [0.29, 0.717) is 11.3 Å². The van der Waals surface area contributed by atoms with Crippen molar-refractivity contribution in [3.63, 3.8) is 0 Å². The fourth-order valence-corrected chi connectivity index (χ4v) is 3.03. The molecule has 7 nitrogen and oxygen atoms in total. The molecule has 0 bridgehead atoms. The Morgan fingerprint density at radius 2 is 1.70 bits per heavy atom. The van der Waals surface area contributed by atoms with Gasteiger partial charge in [-0.3, -0.25) is 14.6 Å². The molecular formula is C22H20ClN3O4. The Balaban J connectivity index is 2.02. The number of benzene rings is 2. The number of aromatic hydroxyl groups is 2. The summed E-state index contributed by atoms with van der Waals surface area (Å²) in [5.41, 5.74) is 1.70. The molecule has 3 rings (SSSR count). The third-order valence-corrected chi connectivity index (χ3v) is 4.74. The van der Waals surface area contributed by atoms with Gasteiger partial charge in [-0.25, -0.2) is 0 Å². The van der Waals surface area contributed by atoms with E-state index in [1.54, 1.807) is 56.8 Å². The first kappa shape index (κ1) is 21.1. The van der Waals surface area contributed by atoms with Crippen LogP contribution in [0.3, 0.4) is 0 Å². The van der Waals surface area contributed by atoms with Crippen LogP contribution < -0.4 is 4.90 Å². The molecule has 0 spiro atoms. The summed E-state index contributed by atoms with van der Waals surface area (Å²) >= 11 is 5.94. The number of nitrogens with zero attached hydrogens (tertiary/aromatic N) is 3. The van der Waals surface area contributed by atoms with Gasteiger partial charge in [-0.15, -0.1) is 0 Å². The molecule has 2 aromatic carbocycles. The Kier molecular flexibility index (Phi) is 6.23.